The van der Waals surface area contributed by atoms with E-state index in [-0.39, 0.29) is 5.54 Å². The van der Waals surface area contributed by atoms with Crippen LogP contribution in [0.2, 0.25) is 5.02 Å². The molecule has 0 saturated carbocycles. The minimum absolute atomic E-state index is 0.151. The molecule has 1 fully saturated rings. The summed E-state index contributed by atoms with van der Waals surface area (Å²) in [6.07, 6.45) is 1.14. The van der Waals surface area contributed by atoms with Crippen LogP contribution in [0.15, 0.2) is 18.2 Å². The van der Waals surface area contributed by atoms with E-state index >= 15 is 0 Å². The number of halogens is 1. The number of benzene rings is 1. The van der Waals surface area contributed by atoms with Crippen LogP contribution in [-0.2, 0) is 0 Å². The summed E-state index contributed by atoms with van der Waals surface area (Å²) in [6, 6.07) is 6.67. The van der Waals surface area contributed by atoms with Gasteiger partial charge in [-0.3, -0.25) is 0 Å². The Hall–Kier alpha value is -0.730. The van der Waals surface area contributed by atoms with Crippen LogP contribution in [0.3, 0.4) is 0 Å². The van der Waals surface area contributed by atoms with Gasteiger partial charge >= 0.3 is 0 Å². The van der Waals surface area contributed by atoms with Crippen molar-refractivity contribution in [3.8, 4) is 0 Å². The molecule has 100 valence electrons. The summed E-state index contributed by atoms with van der Waals surface area (Å²) in [5.41, 5.74) is 2.60. The van der Waals surface area contributed by atoms with Crippen molar-refractivity contribution >= 4 is 17.3 Å². The van der Waals surface area contributed by atoms with Crippen LogP contribution < -0.4 is 10.2 Å². The SMILES string of the molecule is Cc1c(Cl)cccc1N1C(C)CNCCC1(C)C. The third-order valence-corrected chi connectivity index (χ3v) is 4.35. The molecule has 1 aromatic rings. The van der Waals surface area contributed by atoms with E-state index in [0.717, 1.165) is 24.5 Å². The Morgan fingerprint density at radius 3 is 2.83 bits per heavy atom. The second-order valence-electron chi connectivity index (χ2n) is 5.87. The first-order chi connectivity index (χ1) is 8.43. The number of anilines is 1. The lowest BCUT2D eigenvalue weighted by Gasteiger charge is -2.43. The maximum Gasteiger partial charge on any atom is 0.0455 e. The van der Waals surface area contributed by atoms with Crippen molar-refractivity contribution in [2.24, 2.45) is 0 Å². The van der Waals surface area contributed by atoms with E-state index in [0.29, 0.717) is 6.04 Å². The molecule has 3 heteroatoms. The highest BCUT2D eigenvalue weighted by Crippen LogP contribution is 2.35. The molecule has 1 aromatic carbocycles. The predicted molar refractivity (Wildman–Crippen MR) is 79.7 cm³/mol. The Morgan fingerprint density at radius 2 is 2.11 bits per heavy atom. The molecule has 1 heterocycles. The lowest BCUT2D eigenvalue weighted by molar-refractivity contribution is 0.426. The summed E-state index contributed by atoms with van der Waals surface area (Å²) in [6.45, 7) is 11.1. The van der Waals surface area contributed by atoms with Gasteiger partial charge in [-0.2, -0.15) is 0 Å². The number of nitrogens with zero attached hydrogens (tertiary/aromatic N) is 1. The lowest BCUT2D eigenvalue weighted by Crippen LogP contribution is -2.50. The third kappa shape index (κ3) is 2.50. The average molecular weight is 267 g/mol. The third-order valence-electron chi connectivity index (χ3n) is 3.94. The van der Waals surface area contributed by atoms with Crippen LogP contribution >= 0.6 is 11.6 Å². The summed E-state index contributed by atoms with van der Waals surface area (Å²) < 4.78 is 0. The Bertz CT molecular complexity index is 429. The average Bonchev–Trinajstić information content (AvgIpc) is 2.42. The monoisotopic (exact) mass is 266 g/mol. The second-order valence-corrected chi connectivity index (χ2v) is 6.28. The molecule has 2 nitrogen and oxygen atoms in total. The number of hydrogen-bond donors (Lipinski definition) is 1. The molecule has 1 saturated heterocycles. The van der Waals surface area contributed by atoms with E-state index < -0.39 is 0 Å². The van der Waals surface area contributed by atoms with Gasteiger partial charge in [-0.25, -0.2) is 0 Å². The Morgan fingerprint density at radius 1 is 1.39 bits per heavy atom. The highest BCUT2D eigenvalue weighted by molar-refractivity contribution is 6.31. The van der Waals surface area contributed by atoms with Gasteiger partial charge in [0.2, 0.25) is 0 Å². The maximum absolute atomic E-state index is 6.27. The van der Waals surface area contributed by atoms with Gasteiger partial charge in [0.25, 0.3) is 0 Å². The largest absolute Gasteiger partial charge is 0.362 e. The molecule has 1 unspecified atom stereocenters. The Kier molecular flexibility index (Phi) is 3.88. The Balaban J connectivity index is 2.47. The molecule has 1 atom stereocenters. The van der Waals surface area contributed by atoms with Gasteiger partial charge < -0.3 is 10.2 Å². The zero-order valence-electron chi connectivity index (χ0n) is 11.8. The highest BCUT2D eigenvalue weighted by Gasteiger charge is 2.33. The standard InChI is InChI=1S/C15H23ClN2/c1-11-10-17-9-8-15(3,4)18(11)14-7-5-6-13(16)12(14)2/h5-7,11,17H,8-10H2,1-4H3. The highest BCUT2D eigenvalue weighted by atomic mass is 35.5. The smallest absolute Gasteiger partial charge is 0.0455 e. The van der Waals surface area contributed by atoms with Crippen LogP contribution in [0.4, 0.5) is 5.69 Å². The quantitative estimate of drug-likeness (QED) is 0.835. The summed E-state index contributed by atoms with van der Waals surface area (Å²) in [7, 11) is 0. The molecule has 1 N–H and O–H groups in total. The second kappa shape index (κ2) is 5.10. The van der Waals surface area contributed by atoms with Crippen molar-refractivity contribution in [1.82, 2.24) is 5.32 Å². The number of hydrogen-bond acceptors (Lipinski definition) is 2. The van der Waals surface area contributed by atoms with Gasteiger partial charge in [0.05, 0.1) is 0 Å². The molecule has 18 heavy (non-hydrogen) atoms. The van der Waals surface area contributed by atoms with Gasteiger partial charge in [0, 0.05) is 28.8 Å². The summed E-state index contributed by atoms with van der Waals surface area (Å²) in [5.74, 6) is 0. The predicted octanol–water partition coefficient (Wildman–Crippen LogP) is 3.62. The van der Waals surface area contributed by atoms with Gasteiger partial charge in [-0.15, -0.1) is 0 Å². The van der Waals surface area contributed by atoms with E-state index in [9.17, 15) is 0 Å². The van der Waals surface area contributed by atoms with Gasteiger partial charge in [0.1, 0.15) is 0 Å². The molecule has 0 aliphatic carbocycles. The maximum atomic E-state index is 6.27. The zero-order valence-corrected chi connectivity index (χ0v) is 12.5. The first-order valence-electron chi connectivity index (χ1n) is 6.68. The van der Waals surface area contributed by atoms with E-state index in [2.05, 4.69) is 44.0 Å². The van der Waals surface area contributed by atoms with Gasteiger partial charge in [0.15, 0.2) is 0 Å². The van der Waals surface area contributed by atoms with Gasteiger partial charge in [-0.1, -0.05) is 17.7 Å². The fraction of sp³-hybridized carbons (Fsp3) is 0.600. The van der Waals surface area contributed by atoms with E-state index in [4.69, 9.17) is 11.6 Å². The fourth-order valence-corrected chi connectivity index (χ4v) is 3.10. The van der Waals surface area contributed by atoms with Crippen molar-refractivity contribution in [2.45, 2.75) is 45.7 Å². The minimum atomic E-state index is 0.151. The minimum Gasteiger partial charge on any atom is -0.362 e. The zero-order chi connectivity index (χ0) is 13.3. The first kappa shape index (κ1) is 13.7. The van der Waals surface area contributed by atoms with Crippen molar-refractivity contribution in [3.63, 3.8) is 0 Å². The molecule has 1 aliphatic rings. The van der Waals surface area contributed by atoms with Crippen molar-refractivity contribution in [1.29, 1.82) is 0 Å². The first-order valence-corrected chi connectivity index (χ1v) is 7.06. The summed E-state index contributed by atoms with van der Waals surface area (Å²) in [4.78, 5) is 2.52. The molecule has 0 bridgehead atoms. The molecule has 0 amide bonds. The summed E-state index contributed by atoms with van der Waals surface area (Å²) >= 11 is 6.27. The van der Waals surface area contributed by atoms with Crippen LogP contribution in [0.25, 0.3) is 0 Å². The van der Waals surface area contributed by atoms with Crippen LogP contribution in [-0.4, -0.2) is 24.7 Å². The molecule has 1 aliphatic heterocycles. The van der Waals surface area contributed by atoms with E-state index in [1.165, 1.54) is 11.3 Å². The topological polar surface area (TPSA) is 15.3 Å². The van der Waals surface area contributed by atoms with Crippen molar-refractivity contribution < 1.29 is 0 Å². The van der Waals surface area contributed by atoms with E-state index in [1.807, 2.05) is 12.1 Å². The number of rotatable bonds is 1. The van der Waals surface area contributed by atoms with E-state index in [1.54, 1.807) is 0 Å². The van der Waals surface area contributed by atoms with Crippen molar-refractivity contribution in [3.05, 3.63) is 28.8 Å². The molecular formula is C15H23ClN2. The lowest BCUT2D eigenvalue weighted by atomic mass is 9.95. The normalized spacial score (nSPS) is 23.8. The number of nitrogens with one attached hydrogen (secondary N) is 1. The Labute approximate surface area is 115 Å². The molecule has 0 aromatic heterocycles. The molecule has 0 spiro atoms. The van der Waals surface area contributed by atoms with Crippen LogP contribution in [0.1, 0.15) is 32.8 Å². The molecule has 0 radical (unpaired) electrons. The van der Waals surface area contributed by atoms with Gasteiger partial charge in [-0.05, 0) is 58.4 Å². The molecule has 2 rings (SSSR count). The summed E-state index contributed by atoms with van der Waals surface area (Å²) in [5, 5.41) is 4.37. The van der Waals surface area contributed by atoms with Crippen molar-refractivity contribution in [2.75, 3.05) is 18.0 Å². The van der Waals surface area contributed by atoms with Crippen LogP contribution in [0, 0.1) is 6.92 Å². The fourth-order valence-electron chi connectivity index (χ4n) is 2.93. The molecular weight excluding hydrogens is 244 g/mol. The van der Waals surface area contributed by atoms with Crippen LogP contribution in [0.5, 0.6) is 0 Å².